The highest BCUT2D eigenvalue weighted by atomic mass is 32.2. The van der Waals surface area contributed by atoms with E-state index in [-0.39, 0.29) is 11.5 Å². The van der Waals surface area contributed by atoms with Crippen LogP contribution in [0.5, 0.6) is 0 Å². The topological polar surface area (TPSA) is 79.3 Å². The molecule has 0 aliphatic heterocycles. The van der Waals surface area contributed by atoms with Gasteiger partial charge in [-0.2, -0.15) is 0 Å². The van der Waals surface area contributed by atoms with Crippen LogP contribution in [0.15, 0.2) is 34.7 Å². The molecule has 2 aromatic heterocycles. The summed E-state index contributed by atoms with van der Waals surface area (Å²) in [6, 6.07) is 4.70. The lowest BCUT2D eigenvalue weighted by atomic mass is 10.3. The zero-order valence-corrected chi connectivity index (χ0v) is 11.3. The summed E-state index contributed by atoms with van der Waals surface area (Å²) in [7, 11) is -3.60. The van der Waals surface area contributed by atoms with E-state index in [0.717, 1.165) is 5.69 Å². The molecule has 0 radical (unpaired) electrons. The molecule has 0 aliphatic rings. The number of aromatic nitrogens is 1. The molecule has 0 bridgehead atoms. The molecule has 96 valence electrons. The Morgan fingerprint density at radius 3 is 2.83 bits per heavy atom. The third-order valence-electron chi connectivity index (χ3n) is 2.24. The number of nitrogens with zero attached hydrogens (tertiary/aromatic N) is 1. The normalized spacial score (nSPS) is 11.4. The molecular weight excluding hydrogens is 272 g/mol. The predicted octanol–water partition coefficient (Wildman–Crippen LogP) is 1.74. The average Bonchev–Trinajstić information content (AvgIpc) is 2.77. The SMILES string of the molecule is Cc1cc(NS(=O)(=O)c2csc(CO)c2)ccn1. The van der Waals surface area contributed by atoms with E-state index in [2.05, 4.69) is 9.71 Å². The maximum Gasteiger partial charge on any atom is 0.262 e. The van der Waals surface area contributed by atoms with Crippen molar-refractivity contribution < 1.29 is 13.5 Å². The molecule has 0 amide bonds. The molecule has 2 heterocycles. The van der Waals surface area contributed by atoms with Gasteiger partial charge in [0.2, 0.25) is 0 Å². The van der Waals surface area contributed by atoms with E-state index in [1.165, 1.54) is 22.8 Å². The number of sulfonamides is 1. The second kappa shape index (κ2) is 5.05. The second-order valence-electron chi connectivity index (χ2n) is 3.70. The van der Waals surface area contributed by atoms with Crippen LogP contribution in [0.1, 0.15) is 10.6 Å². The van der Waals surface area contributed by atoms with Crippen molar-refractivity contribution in [2.45, 2.75) is 18.4 Å². The van der Waals surface area contributed by atoms with E-state index in [9.17, 15) is 8.42 Å². The van der Waals surface area contributed by atoms with Crippen molar-refractivity contribution in [3.63, 3.8) is 0 Å². The molecule has 0 aliphatic carbocycles. The molecule has 0 saturated heterocycles. The minimum absolute atomic E-state index is 0.158. The first-order chi connectivity index (χ1) is 8.51. The van der Waals surface area contributed by atoms with Crippen molar-refractivity contribution in [1.29, 1.82) is 0 Å². The first kappa shape index (κ1) is 13.0. The number of thiophene rings is 1. The summed E-state index contributed by atoms with van der Waals surface area (Å²) in [5, 5.41) is 10.4. The minimum atomic E-state index is -3.60. The summed E-state index contributed by atoms with van der Waals surface area (Å²) >= 11 is 1.21. The summed E-state index contributed by atoms with van der Waals surface area (Å²) in [5.41, 5.74) is 1.20. The quantitative estimate of drug-likeness (QED) is 0.896. The maximum absolute atomic E-state index is 12.0. The van der Waals surface area contributed by atoms with Gasteiger partial charge in [-0.25, -0.2) is 8.42 Å². The molecule has 2 rings (SSSR count). The van der Waals surface area contributed by atoms with Gasteiger partial charge in [0.15, 0.2) is 0 Å². The molecule has 0 atom stereocenters. The number of pyridine rings is 1. The Labute approximate surface area is 109 Å². The molecule has 2 aromatic rings. The Morgan fingerprint density at radius 2 is 2.22 bits per heavy atom. The minimum Gasteiger partial charge on any atom is -0.391 e. The lowest BCUT2D eigenvalue weighted by Gasteiger charge is -2.06. The van der Waals surface area contributed by atoms with Crippen molar-refractivity contribution in [2.75, 3.05) is 4.72 Å². The standard InChI is InChI=1S/C11H12N2O3S2/c1-8-4-9(2-3-12-8)13-18(15,16)11-5-10(6-14)17-7-11/h2-5,7,14H,6H2,1H3,(H,12,13). The van der Waals surface area contributed by atoms with Crippen molar-refractivity contribution in [3.8, 4) is 0 Å². The van der Waals surface area contributed by atoms with Crippen molar-refractivity contribution in [3.05, 3.63) is 40.3 Å². The fraction of sp³-hybridized carbons (Fsp3) is 0.182. The Kier molecular flexibility index (Phi) is 3.65. The van der Waals surface area contributed by atoms with Crippen LogP contribution in [-0.4, -0.2) is 18.5 Å². The number of hydrogen-bond acceptors (Lipinski definition) is 5. The highest BCUT2D eigenvalue weighted by molar-refractivity contribution is 7.92. The Hall–Kier alpha value is -1.44. The molecule has 0 fully saturated rings. The molecule has 5 nitrogen and oxygen atoms in total. The van der Waals surface area contributed by atoms with Crippen LogP contribution in [0.25, 0.3) is 0 Å². The van der Waals surface area contributed by atoms with E-state index in [1.54, 1.807) is 25.3 Å². The molecular formula is C11H12N2O3S2. The first-order valence-electron chi connectivity index (χ1n) is 5.15. The number of hydrogen-bond donors (Lipinski definition) is 2. The maximum atomic E-state index is 12.0. The predicted molar refractivity (Wildman–Crippen MR) is 70.0 cm³/mol. The van der Waals surface area contributed by atoms with Crippen LogP contribution in [0.2, 0.25) is 0 Å². The lowest BCUT2D eigenvalue weighted by Crippen LogP contribution is -2.12. The number of nitrogens with one attached hydrogen (secondary N) is 1. The highest BCUT2D eigenvalue weighted by Gasteiger charge is 2.16. The van der Waals surface area contributed by atoms with Crippen LogP contribution in [0.4, 0.5) is 5.69 Å². The summed E-state index contributed by atoms with van der Waals surface area (Å²) in [6.45, 7) is 1.63. The van der Waals surface area contributed by atoms with Crippen molar-refractivity contribution in [2.24, 2.45) is 0 Å². The Balaban J connectivity index is 2.27. The smallest absolute Gasteiger partial charge is 0.262 e. The molecule has 18 heavy (non-hydrogen) atoms. The molecule has 0 aromatic carbocycles. The van der Waals surface area contributed by atoms with Gasteiger partial charge in [-0.15, -0.1) is 11.3 Å². The van der Waals surface area contributed by atoms with Gasteiger partial charge in [-0.05, 0) is 25.1 Å². The summed E-state index contributed by atoms with van der Waals surface area (Å²) in [6.07, 6.45) is 1.54. The van der Waals surface area contributed by atoms with E-state index >= 15 is 0 Å². The fourth-order valence-electron chi connectivity index (χ4n) is 1.41. The Bertz CT molecular complexity index is 650. The zero-order valence-electron chi connectivity index (χ0n) is 9.62. The monoisotopic (exact) mass is 284 g/mol. The van der Waals surface area contributed by atoms with Gasteiger partial charge in [0.1, 0.15) is 0 Å². The van der Waals surface area contributed by atoms with Gasteiger partial charge in [0, 0.05) is 22.1 Å². The van der Waals surface area contributed by atoms with Crippen molar-refractivity contribution >= 4 is 27.0 Å². The van der Waals surface area contributed by atoms with Crippen LogP contribution < -0.4 is 4.72 Å². The Morgan fingerprint density at radius 1 is 1.44 bits per heavy atom. The molecule has 0 saturated carbocycles. The molecule has 0 unspecified atom stereocenters. The van der Waals surface area contributed by atoms with Gasteiger partial charge in [0.25, 0.3) is 10.0 Å². The molecule has 7 heteroatoms. The van der Waals surface area contributed by atoms with Gasteiger partial charge in [0.05, 0.1) is 17.2 Å². The first-order valence-corrected chi connectivity index (χ1v) is 7.51. The van der Waals surface area contributed by atoms with Gasteiger partial charge < -0.3 is 5.11 Å². The van der Waals surface area contributed by atoms with E-state index in [1.807, 2.05) is 0 Å². The number of aryl methyl sites for hydroxylation is 1. The number of anilines is 1. The fourth-order valence-corrected chi connectivity index (χ4v) is 3.59. The third kappa shape index (κ3) is 2.87. The van der Waals surface area contributed by atoms with E-state index in [4.69, 9.17) is 5.11 Å². The summed E-state index contributed by atoms with van der Waals surface area (Å²) in [5.74, 6) is 0. The summed E-state index contributed by atoms with van der Waals surface area (Å²) in [4.78, 5) is 4.76. The second-order valence-corrected chi connectivity index (χ2v) is 6.38. The number of rotatable bonds is 4. The van der Waals surface area contributed by atoms with Crippen LogP contribution >= 0.6 is 11.3 Å². The van der Waals surface area contributed by atoms with Crippen LogP contribution in [-0.2, 0) is 16.6 Å². The van der Waals surface area contributed by atoms with Crippen molar-refractivity contribution in [1.82, 2.24) is 4.98 Å². The van der Waals surface area contributed by atoms with E-state index in [0.29, 0.717) is 10.6 Å². The largest absolute Gasteiger partial charge is 0.391 e. The van der Waals surface area contributed by atoms with E-state index < -0.39 is 10.0 Å². The van der Waals surface area contributed by atoms with Gasteiger partial charge >= 0.3 is 0 Å². The molecule has 0 spiro atoms. The average molecular weight is 284 g/mol. The van der Waals surface area contributed by atoms with Gasteiger partial charge in [-0.1, -0.05) is 0 Å². The van der Waals surface area contributed by atoms with Gasteiger partial charge in [-0.3, -0.25) is 9.71 Å². The highest BCUT2D eigenvalue weighted by Crippen LogP contribution is 2.22. The van der Waals surface area contributed by atoms with Crippen LogP contribution in [0.3, 0.4) is 0 Å². The summed E-state index contributed by atoms with van der Waals surface area (Å²) < 4.78 is 26.5. The number of aliphatic hydroxyl groups excluding tert-OH is 1. The lowest BCUT2D eigenvalue weighted by molar-refractivity contribution is 0.285. The molecule has 2 N–H and O–H groups in total. The zero-order chi connectivity index (χ0) is 13.2. The number of aliphatic hydroxyl groups is 1. The van der Waals surface area contributed by atoms with Crippen LogP contribution in [0, 0.1) is 6.92 Å². The third-order valence-corrected chi connectivity index (χ3v) is 4.68.